The lowest BCUT2D eigenvalue weighted by molar-refractivity contribution is -0.119. The number of aromatic amines is 1. The molecule has 0 unspecified atom stereocenters. The Morgan fingerprint density at radius 1 is 1.07 bits per heavy atom. The maximum Gasteiger partial charge on any atom is 0.251 e. The maximum atomic E-state index is 12.5. The number of hydrogen-bond donors (Lipinski definition) is 2. The second-order valence-electron chi connectivity index (χ2n) is 7.91. The van der Waals surface area contributed by atoms with Crippen LogP contribution < -0.4 is 15.6 Å². The Morgan fingerprint density at radius 2 is 1.82 bits per heavy atom. The van der Waals surface area contributed by atoms with E-state index in [1.165, 1.54) is 0 Å². The Bertz CT molecular complexity index is 953. The van der Waals surface area contributed by atoms with Gasteiger partial charge in [0.05, 0.1) is 6.10 Å². The molecule has 1 atom stereocenters. The van der Waals surface area contributed by atoms with Crippen molar-refractivity contribution in [1.82, 2.24) is 10.3 Å². The molecule has 4 rings (SSSR count). The zero-order valence-corrected chi connectivity index (χ0v) is 16.3. The van der Waals surface area contributed by atoms with Crippen LogP contribution in [0.15, 0.2) is 47.3 Å². The smallest absolute Gasteiger partial charge is 0.251 e. The van der Waals surface area contributed by atoms with E-state index in [1.54, 1.807) is 0 Å². The average molecular weight is 378 g/mol. The van der Waals surface area contributed by atoms with Crippen molar-refractivity contribution in [2.45, 2.75) is 57.6 Å². The van der Waals surface area contributed by atoms with Gasteiger partial charge in [-0.05, 0) is 62.8 Å². The molecule has 0 spiro atoms. The molecule has 2 heterocycles. The number of benzene rings is 1. The molecule has 1 saturated carbocycles. The highest BCUT2D eigenvalue weighted by molar-refractivity contribution is 5.82. The van der Waals surface area contributed by atoms with E-state index in [1.807, 2.05) is 56.3 Å². The highest BCUT2D eigenvalue weighted by atomic mass is 16.5. The van der Waals surface area contributed by atoms with Crippen LogP contribution >= 0.6 is 0 Å². The zero-order chi connectivity index (χ0) is 19.7. The van der Waals surface area contributed by atoms with Crippen LogP contribution in [0.5, 0.6) is 5.75 Å². The molecule has 2 N–H and O–H groups in total. The number of aromatic nitrogens is 1. The van der Waals surface area contributed by atoms with Crippen LogP contribution in [-0.4, -0.2) is 23.0 Å². The largest absolute Gasteiger partial charge is 0.491 e. The van der Waals surface area contributed by atoms with Crippen LogP contribution in [0.2, 0.25) is 0 Å². The highest BCUT2D eigenvalue weighted by Gasteiger charge is 2.26. The van der Waals surface area contributed by atoms with Crippen molar-refractivity contribution >= 4 is 11.5 Å². The highest BCUT2D eigenvalue weighted by Crippen LogP contribution is 2.38. The fraction of sp³-hybridized carbons (Fsp3) is 0.391. The van der Waals surface area contributed by atoms with E-state index in [4.69, 9.17) is 4.74 Å². The number of carbonyl (C=O) groups excluding carboxylic acids is 1. The molecule has 0 bridgehead atoms. The topological polar surface area (TPSA) is 71.2 Å². The SMILES string of the molecule is CC(C)Oc1ccc(/C(=C/[C@H]2CCC(=O)N2)c2ccc(C3CC3)c(=O)[nH]2)cc1. The number of pyridine rings is 1. The van der Waals surface area contributed by atoms with Gasteiger partial charge in [-0.2, -0.15) is 0 Å². The van der Waals surface area contributed by atoms with Crippen LogP contribution in [0, 0.1) is 0 Å². The summed E-state index contributed by atoms with van der Waals surface area (Å²) >= 11 is 0. The third kappa shape index (κ3) is 4.19. The predicted octanol–water partition coefficient (Wildman–Crippen LogP) is 3.75. The molecule has 5 heteroatoms. The van der Waals surface area contributed by atoms with Gasteiger partial charge in [0.1, 0.15) is 5.75 Å². The van der Waals surface area contributed by atoms with Gasteiger partial charge >= 0.3 is 0 Å². The normalized spacial score (nSPS) is 19.8. The molecule has 1 amide bonds. The number of amides is 1. The lowest BCUT2D eigenvalue weighted by Crippen LogP contribution is -2.23. The Balaban J connectivity index is 1.69. The molecule has 1 aromatic heterocycles. The lowest BCUT2D eigenvalue weighted by atomic mass is 9.98. The van der Waals surface area contributed by atoms with Gasteiger partial charge in [-0.1, -0.05) is 24.3 Å². The van der Waals surface area contributed by atoms with E-state index < -0.39 is 0 Å². The number of H-pyrrole nitrogens is 1. The quantitative estimate of drug-likeness (QED) is 0.804. The van der Waals surface area contributed by atoms with Crippen molar-refractivity contribution in [3.63, 3.8) is 0 Å². The van der Waals surface area contributed by atoms with E-state index in [0.717, 1.165) is 47.4 Å². The van der Waals surface area contributed by atoms with Crippen molar-refractivity contribution < 1.29 is 9.53 Å². The van der Waals surface area contributed by atoms with Crippen LogP contribution in [0.25, 0.3) is 5.57 Å². The Morgan fingerprint density at radius 3 is 2.39 bits per heavy atom. The van der Waals surface area contributed by atoms with E-state index >= 15 is 0 Å². The number of carbonyl (C=O) groups is 1. The maximum absolute atomic E-state index is 12.5. The first-order valence-electron chi connectivity index (χ1n) is 10.0. The molecule has 5 nitrogen and oxygen atoms in total. The summed E-state index contributed by atoms with van der Waals surface area (Å²) in [7, 11) is 0. The first-order chi connectivity index (χ1) is 13.5. The molecule has 2 fully saturated rings. The average Bonchev–Trinajstić information content (AvgIpc) is 3.41. The van der Waals surface area contributed by atoms with Crippen molar-refractivity contribution in [2.24, 2.45) is 0 Å². The van der Waals surface area contributed by atoms with E-state index in [9.17, 15) is 9.59 Å². The summed E-state index contributed by atoms with van der Waals surface area (Å²) in [6.07, 6.45) is 5.65. The van der Waals surface area contributed by atoms with Gasteiger partial charge in [-0.15, -0.1) is 0 Å². The molecule has 2 aliphatic rings. The van der Waals surface area contributed by atoms with Gasteiger partial charge in [-0.3, -0.25) is 9.59 Å². The molecule has 28 heavy (non-hydrogen) atoms. The minimum atomic E-state index is -0.0271. The summed E-state index contributed by atoms with van der Waals surface area (Å²) in [5.74, 6) is 1.29. The monoisotopic (exact) mass is 378 g/mol. The van der Waals surface area contributed by atoms with Gasteiger partial charge in [0.15, 0.2) is 0 Å². The summed E-state index contributed by atoms with van der Waals surface area (Å²) < 4.78 is 5.74. The van der Waals surface area contributed by atoms with Crippen molar-refractivity contribution in [3.8, 4) is 5.75 Å². The number of hydrogen-bond acceptors (Lipinski definition) is 3. The summed E-state index contributed by atoms with van der Waals surface area (Å²) in [6.45, 7) is 3.99. The molecule has 2 aromatic rings. The predicted molar refractivity (Wildman–Crippen MR) is 109 cm³/mol. The second kappa shape index (κ2) is 7.66. The van der Waals surface area contributed by atoms with Crippen molar-refractivity contribution in [3.05, 3.63) is 69.6 Å². The summed E-state index contributed by atoms with van der Waals surface area (Å²) in [4.78, 5) is 27.2. The van der Waals surface area contributed by atoms with E-state index in [2.05, 4.69) is 10.3 Å². The third-order valence-corrected chi connectivity index (χ3v) is 5.18. The van der Waals surface area contributed by atoms with Crippen LogP contribution in [0.1, 0.15) is 62.3 Å². The molecule has 1 aliphatic carbocycles. The zero-order valence-electron chi connectivity index (χ0n) is 16.3. The van der Waals surface area contributed by atoms with Crippen molar-refractivity contribution in [1.29, 1.82) is 0 Å². The van der Waals surface area contributed by atoms with Crippen LogP contribution in [0.3, 0.4) is 0 Å². The number of rotatable bonds is 6. The molecule has 0 radical (unpaired) electrons. The minimum Gasteiger partial charge on any atom is -0.491 e. The first kappa shape index (κ1) is 18.5. The van der Waals surface area contributed by atoms with Crippen LogP contribution in [-0.2, 0) is 4.79 Å². The first-order valence-corrected chi connectivity index (χ1v) is 10.0. The van der Waals surface area contributed by atoms with Gasteiger partial charge < -0.3 is 15.0 Å². The molecular weight excluding hydrogens is 352 g/mol. The standard InChI is InChI=1S/C23H26N2O3/c1-14(2)28-18-8-5-16(6-9-18)20(13-17-7-12-22(26)24-17)21-11-10-19(15-3-4-15)23(27)25-21/h5-6,8-11,13-15,17H,3-4,7,12H2,1-2H3,(H,24,26)(H,25,27)/b20-13-/t17-/m1/s1. The van der Waals surface area contributed by atoms with E-state index in [0.29, 0.717) is 12.3 Å². The van der Waals surface area contributed by atoms with E-state index in [-0.39, 0.29) is 23.6 Å². The third-order valence-electron chi connectivity index (χ3n) is 5.18. The molecular formula is C23H26N2O3. The summed E-state index contributed by atoms with van der Waals surface area (Å²) in [5, 5.41) is 2.98. The van der Waals surface area contributed by atoms with Crippen molar-refractivity contribution in [2.75, 3.05) is 0 Å². The minimum absolute atomic E-state index is 0.0129. The van der Waals surface area contributed by atoms with Gasteiger partial charge in [-0.25, -0.2) is 0 Å². The molecule has 1 aliphatic heterocycles. The Labute approximate surface area is 164 Å². The fourth-order valence-corrected chi connectivity index (χ4v) is 3.65. The van der Waals surface area contributed by atoms with Crippen LogP contribution in [0.4, 0.5) is 0 Å². The van der Waals surface area contributed by atoms with Gasteiger partial charge in [0, 0.05) is 29.3 Å². The lowest BCUT2D eigenvalue weighted by Gasteiger charge is -2.14. The summed E-state index contributed by atoms with van der Waals surface area (Å²) in [6, 6.07) is 11.8. The molecule has 1 saturated heterocycles. The molecule has 146 valence electrons. The fourth-order valence-electron chi connectivity index (χ4n) is 3.65. The van der Waals surface area contributed by atoms with Gasteiger partial charge in [0.25, 0.3) is 5.56 Å². The summed E-state index contributed by atoms with van der Waals surface area (Å²) in [5.41, 5.74) is 3.53. The molecule has 1 aromatic carbocycles. The van der Waals surface area contributed by atoms with Gasteiger partial charge in [0.2, 0.25) is 5.91 Å². The second-order valence-corrected chi connectivity index (χ2v) is 7.91. The Hall–Kier alpha value is -2.82. The Kier molecular flexibility index (Phi) is 5.07. The number of ether oxygens (including phenoxy) is 1. The number of nitrogens with one attached hydrogen (secondary N) is 2.